The van der Waals surface area contributed by atoms with Crippen LogP contribution < -0.4 is 5.32 Å². The van der Waals surface area contributed by atoms with Crippen LogP contribution in [0.1, 0.15) is 43.2 Å². The van der Waals surface area contributed by atoms with Crippen LogP contribution in [-0.2, 0) is 6.54 Å². The van der Waals surface area contributed by atoms with Crippen molar-refractivity contribution in [1.29, 1.82) is 0 Å². The molecule has 0 spiro atoms. The molecule has 2 heterocycles. The van der Waals surface area contributed by atoms with E-state index in [4.69, 9.17) is 0 Å². The second-order valence-electron chi connectivity index (χ2n) is 4.73. The molecule has 1 saturated carbocycles. The van der Waals surface area contributed by atoms with Gasteiger partial charge in [0.15, 0.2) is 0 Å². The fourth-order valence-corrected chi connectivity index (χ4v) is 2.95. The Morgan fingerprint density at radius 2 is 2.28 bits per heavy atom. The molecule has 2 aromatic heterocycles. The van der Waals surface area contributed by atoms with Gasteiger partial charge in [-0.05, 0) is 25.8 Å². The predicted octanol–water partition coefficient (Wildman–Crippen LogP) is 2.77. The van der Waals surface area contributed by atoms with Gasteiger partial charge in [0, 0.05) is 17.7 Å². The lowest BCUT2D eigenvalue weighted by atomic mass is 10.3. The third-order valence-corrected chi connectivity index (χ3v) is 4.07. The van der Waals surface area contributed by atoms with Crippen molar-refractivity contribution in [2.75, 3.05) is 5.32 Å². The van der Waals surface area contributed by atoms with Crippen LogP contribution in [0.3, 0.4) is 0 Å². The Balaban J connectivity index is 1.59. The molecule has 6 heteroatoms. The molecule has 1 fully saturated rings. The summed E-state index contributed by atoms with van der Waals surface area (Å²) >= 11 is 1.39. The molecule has 0 saturated heterocycles. The van der Waals surface area contributed by atoms with Gasteiger partial charge in [0.2, 0.25) is 5.13 Å². The summed E-state index contributed by atoms with van der Waals surface area (Å²) in [6, 6.07) is 2.70. The van der Waals surface area contributed by atoms with Gasteiger partial charge in [-0.15, -0.1) is 0 Å². The molecule has 0 bridgehead atoms. The summed E-state index contributed by atoms with van der Waals surface area (Å²) in [7, 11) is 0. The molecule has 0 aromatic carbocycles. The molecular formula is C12H17N5S. The van der Waals surface area contributed by atoms with Gasteiger partial charge in [0.25, 0.3) is 0 Å². The minimum absolute atomic E-state index is 0.613. The van der Waals surface area contributed by atoms with Crippen molar-refractivity contribution in [2.24, 2.45) is 0 Å². The molecule has 1 aliphatic carbocycles. The van der Waals surface area contributed by atoms with Gasteiger partial charge in [0.1, 0.15) is 5.82 Å². The van der Waals surface area contributed by atoms with Crippen LogP contribution in [-0.4, -0.2) is 19.1 Å². The maximum atomic E-state index is 4.62. The van der Waals surface area contributed by atoms with Crippen LogP contribution in [0.4, 0.5) is 5.13 Å². The number of aromatic nitrogens is 4. The van der Waals surface area contributed by atoms with E-state index in [1.165, 1.54) is 37.2 Å². The Morgan fingerprint density at radius 3 is 3.00 bits per heavy atom. The van der Waals surface area contributed by atoms with Gasteiger partial charge in [-0.1, -0.05) is 12.8 Å². The van der Waals surface area contributed by atoms with E-state index in [1.807, 2.05) is 6.92 Å². The highest BCUT2D eigenvalue weighted by molar-refractivity contribution is 7.09. The highest BCUT2D eigenvalue weighted by atomic mass is 32.1. The highest BCUT2D eigenvalue weighted by Crippen LogP contribution is 2.28. The molecule has 18 heavy (non-hydrogen) atoms. The Hall–Kier alpha value is -1.43. The topological polar surface area (TPSA) is 55.6 Å². The monoisotopic (exact) mass is 263 g/mol. The fourth-order valence-electron chi connectivity index (χ4n) is 2.38. The molecule has 0 unspecified atom stereocenters. The molecule has 1 aliphatic rings. The number of hydrogen-bond donors (Lipinski definition) is 1. The maximum Gasteiger partial charge on any atom is 0.202 e. The molecule has 0 radical (unpaired) electrons. The summed E-state index contributed by atoms with van der Waals surface area (Å²) in [6.07, 6.45) is 7.30. The summed E-state index contributed by atoms with van der Waals surface area (Å²) in [5, 5.41) is 8.74. The van der Waals surface area contributed by atoms with E-state index in [0.717, 1.165) is 16.6 Å². The van der Waals surface area contributed by atoms with Crippen molar-refractivity contribution in [2.45, 2.75) is 45.2 Å². The zero-order valence-corrected chi connectivity index (χ0v) is 11.3. The summed E-state index contributed by atoms with van der Waals surface area (Å²) in [5.74, 6) is 0.819. The minimum Gasteiger partial charge on any atom is -0.355 e. The number of aryl methyl sites for hydroxylation is 1. The van der Waals surface area contributed by atoms with Gasteiger partial charge in [-0.25, -0.2) is 4.98 Å². The number of anilines is 1. The molecule has 2 aromatic rings. The second-order valence-corrected chi connectivity index (χ2v) is 5.48. The van der Waals surface area contributed by atoms with E-state index >= 15 is 0 Å². The van der Waals surface area contributed by atoms with Crippen molar-refractivity contribution in [3.8, 4) is 0 Å². The van der Waals surface area contributed by atoms with E-state index < -0.39 is 0 Å². The van der Waals surface area contributed by atoms with Crippen LogP contribution in [0.25, 0.3) is 0 Å². The van der Waals surface area contributed by atoms with Crippen molar-refractivity contribution in [1.82, 2.24) is 19.1 Å². The number of nitrogens with one attached hydrogen (secondary N) is 1. The smallest absolute Gasteiger partial charge is 0.202 e. The van der Waals surface area contributed by atoms with Gasteiger partial charge in [-0.3, -0.25) is 4.68 Å². The Labute approximate surface area is 110 Å². The third kappa shape index (κ3) is 2.53. The average molecular weight is 263 g/mol. The Kier molecular flexibility index (Phi) is 3.27. The molecule has 0 aliphatic heterocycles. The van der Waals surface area contributed by atoms with Crippen LogP contribution >= 0.6 is 11.5 Å². The van der Waals surface area contributed by atoms with E-state index in [9.17, 15) is 0 Å². The first kappa shape index (κ1) is 11.6. The number of nitrogens with zero attached hydrogens (tertiary/aromatic N) is 4. The lowest BCUT2D eigenvalue weighted by Crippen LogP contribution is -2.07. The maximum absolute atomic E-state index is 4.62. The zero-order valence-electron chi connectivity index (χ0n) is 10.5. The molecule has 1 N–H and O–H groups in total. The van der Waals surface area contributed by atoms with Crippen molar-refractivity contribution >= 4 is 16.7 Å². The van der Waals surface area contributed by atoms with Gasteiger partial charge in [-0.2, -0.15) is 9.47 Å². The highest BCUT2D eigenvalue weighted by Gasteiger charge is 2.17. The average Bonchev–Trinajstić information content (AvgIpc) is 3.07. The SMILES string of the molecule is Cc1nsc(NCc2ccn(C3CCCC3)n2)n1. The summed E-state index contributed by atoms with van der Waals surface area (Å²) in [5.41, 5.74) is 1.06. The lowest BCUT2D eigenvalue weighted by Gasteiger charge is -2.08. The molecule has 0 amide bonds. The van der Waals surface area contributed by atoms with Crippen molar-refractivity contribution in [3.05, 3.63) is 23.8 Å². The Morgan fingerprint density at radius 1 is 1.44 bits per heavy atom. The molecule has 5 nitrogen and oxygen atoms in total. The van der Waals surface area contributed by atoms with E-state index in [2.05, 4.69) is 36.7 Å². The van der Waals surface area contributed by atoms with Crippen LogP contribution in [0.15, 0.2) is 12.3 Å². The van der Waals surface area contributed by atoms with Gasteiger partial charge < -0.3 is 5.32 Å². The lowest BCUT2D eigenvalue weighted by molar-refractivity contribution is 0.463. The molecule has 96 valence electrons. The van der Waals surface area contributed by atoms with Gasteiger partial charge >= 0.3 is 0 Å². The van der Waals surface area contributed by atoms with Crippen molar-refractivity contribution in [3.63, 3.8) is 0 Å². The van der Waals surface area contributed by atoms with Crippen molar-refractivity contribution < 1.29 is 0 Å². The third-order valence-electron chi connectivity index (χ3n) is 3.31. The quantitative estimate of drug-likeness (QED) is 0.921. The van der Waals surface area contributed by atoms with Crippen LogP contribution in [0, 0.1) is 6.92 Å². The zero-order chi connectivity index (χ0) is 12.4. The first-order valence-corrected chi connectivity index (χ1v) is 7.17. The molecule has 0 atom stereocenters. The number of hydrogen-bond acceptors (Lipinski definition) is 5. The summed E-state index contributed by atoms with van der Waals surface area (Å²) in [4.78, 5) is 4.27. The summed E-state index contributed by atoms with van der Waals surface area (Å²) in [6.45, 7) is 2.62. The Bertz CT molecular complexity index is 512. The fraction of sp³-hybridized carbons (Fsp3) is 0.583. The van der Waals surface area contributed by atoms with E-state index in [1.54, 1.807) is 0 Å². The first-order chi connectivity index (χ1) is 8.81. The normalized spacial score (nSPS) is 16.3. The van der Waals surface area contributed by atoms with Crippen LogP contribution in [0.2, 0.25) is 0 Å². The predicted molar refractivity (Wildman–Crippen MR) is 71.7 cm³/mol. The second kappa shape index (κ2) is 5.06. The minimum atomic E-state index is 0.613. The number of rotatable bonds is 4. The molecular weight excluding hydrogens is 246 g/mol. The van der Waals surface area contributed by atoms with Gasteiger partial charge in [0.05, 0.1) is 18.3 Å². The van der Waals surface area contributed by atoms with E-state index in [0.29, 0.717) is 12.6 Å². The molecule has 3 rings (SSSR count). The van der Waals surface area contributed by atoms with E-state index in [-0.39, 0.29) is 0 Å². The standard InChI is InChI=1S/C12H17N5S/c1-9-14-12(18-16-9)13-8-10-6-7-17(15-10)11-4-2-3-5-11/h6-7,11H,2-5,8H2,1H3,(H,13,14,16). The largest absolute Gasteiger partial charge is 0.355 e. The van der Waals surface area contributed by atoms with Crippen LogP contribution in [0.5, 0.6) is 0 Å². The summed E-state index contributed by atoms with van der Waals surface area (Å²) < 4.78 is 6.26. The first-order valence-electron chi connectivity index (χ1n) is 6.39.